The highest BCUT2D eigenvalue weighted by Crippen LogP contribution is 2.52. The van der Waals surface area contributed by atoms with Crippen LogP contribution in [0.25, 0.3) is 0 Å². The summed E-state index contributed by atoms with van der Waals surface area (Å²) < 4.78 is 0. The monoisotopic (exact) mass is 621 g/mol. The molecule has 3 fully saturated rings. The number of benzene rings is 2. The van der Waals surface area contributed by atoms with Crippen LogP contribution in [-0.2, 0) is 19.5 Å². The molecular weight excluding hydrogens is 562 g/mol. The van der Waals surface area contributed by atoms with Crippen molar-refractivity contribution >= 4 is 5.69 Å². The minimum atomic E-state index is -0.00702. The topological polar surface area (TPSA) is 57.3 Å². The van der Waals surface area contributed by atoms with E-state index in [1.54, 1.807) is 0 Å². The zero-order chi connectivity index (χ0) is 32.8. The van der Waals surface area contributed by atoms with Crippen LogP contribution >= 0.6 is 0 Å². The van der Waals surface area contributed by atoms with E-state index in [4.69, 9.17) is 0 Å². The molecule has 0 bridgehead atoms. The molecule has 46 heavy (non-hydrogen) atoms. The molecule has 0 radical (unpaired) electrons. The summed E-state index contributed by atoms with van der Waals surface area (Å²) >= 11 is 0. The number of hydrogen-bond donors (Lipinski definition) is 0. The molecular formula is C41H59N5. The second-order valence-corrected chi connectivity index (χ2v) is 16.6. The maximum absolute atomic E-state index is 10.1. The molecule has 3 heterocycles. The van der Waals surface area contributed by atoms with E-state index in [1.807, 2.05) is 0 Å². The molecule has 2 aromatic rings. The Morgan fingerprint density at radius 2 is 1.22 bits per heavy atom. The molecule has 3 aliphatic rings. The zero-order valence-corrected chi connectivity index (χ0v) is 29.6. The fourth-order valence-corrected chi connectivity index (χ4v) is 8.89. The summed E-state index contributed by atoms with van der Waals surface area (Å²) in [6.45, 7) is 20.3. The first-order valence-corrected chi connectivity index (χ1v) is 18.1. The standard InChI is InChI=1S/C41H59N5/c1-38(2,3)40(16-22-42)18-26-45(27-19-40)33-35-14-15-37(46-24-10-7-11-25-46)30-36(35)31-39(4,5)41(17-23-43)20-28-44(29-21-41)32-34-12-8-6-9-13-34/h6,8-9,12-15,30H,7,10-11,16-21,24-29,31-33H2,1-5H3. The van der Waals surface area contributed by atoms with Gasteiger partial charge in [-0.15, -0.1) is 0 Å². The molecule has 3 saturated heterocycles. The lowest BCUT2D eigenvalue weighted by molar-refractivity contribution is -0.00480. The quantitative estimate of drug-likeness (QED) is 0.265. The Balaban J connectivity index is 1.36. The molecule has 248 valence electrons. The Morgan fingerprint density at radius 3 is 1.80 bits per heavy atom. The third-order valence-electron chi connectivity index (χ3n) is 12.7. The van der Waals surface area contributed by atoms with Crippen LogP contribution in [-0.4, -0.2) is 49.1 Å². The lowest BCUT2D eigenvalue weighted by atomic mass is 9.57. The van der Waals surface area contributed by atoms with Crippen molar-refractivity contribution < 1.29 is 0 Å². The van der Waals surface area contributed by atoms with E-state index in [1.165, 1.54) is 41.6 Å². The fourth-order valence-electron chi connectivity index (χ4n) is 8.89. The van der Waals surface area contributed by atoms with Gasteiger partial charge in [-0.3, -0.25) is 9.80 Å². The highest BCUT2D eigenvalue weighted by molar-refractivity contribution is 5.52. The van der Waals surface area contributed by atoms with E-state index in [0.717, 1.165) is 84.5 Å². The van der Waals surface area contributed by atoms with Gasteiger partial charge in [0.05, 0.1) is 12.1 Å². The van der Waals surface area contributed by atoms with Crippen molar-refractivity contribution in [3.05, 3.63) is 65.2 Å². The van der Waals surface area contributed by atoms with Crippen molar-refractivity contribution in [2.45, 2.75) is 112 Å². The number of nitriles is 2. The molecule has 0 atom stereocenters. The first-order chi connectivity index (χ1) is 22.0. The molecule has 5 nitrogen and oxygen atoms in total. The van der Waals surface area contributed by atoms with Crippen LogP contribution in [0, 0.1) is 44.3 Å². The van der Waals surface area contributed by atoms with Crippen molar-refractivity contribution in [1.29, 1.82) is 10.5 Å². The predicted molar refractivity (Wildman–Crippen MR) is 190 cm³/mol. The van der Waals surface area contributed by atoms with Crippen LogP contribution < -0.4 is 4.90 Å². The Kier molecular flexibility index (Phi) is 10.9. The highest BCUT2D eigenvalue weighted by atomic mass is 15.1. The van der Waals surface area contributed by atoms with E-state index >= 15 is 0 Å². The lowest BCUT2D eigenvalue weighted by Crippen LogP contribution is -2.48. The number of hydrogen-bond acceptors (Lipinski definition) is 5. The SMILES string of the molecule is CC(C)(C)C1(CC#N)CCN(Cc2ccc(N3CCCCC3)cc2CC(C)(C)C2(CC#N)CCN(Cc3ccccc3)CC2)CC1. The molecule has 0 amide bonds. The molecule has 0 unspecified atom stereocenters. The Morgan fingerprint density at radius 1 is 0.652 bits per heavy atom. The Bertz CT molecular complexity index is 1350. The normalized spacial score (nSPS) is 21.0. The van der Waals surface area contributed by atoms with Gasteiger partial charge in [0.2, 0.25) is 0 Å². The maximum atomic E-state index is 10.1. The van der Waals surface area contributed by atoms with Gasteiger partial charge < -0.3 is 4.90 Å². The van der Waals surface area contributed by atoms with Crippen LogP contribution in [0.3, 0.4) is 0 Å². The van der Waals surface area contributed by atoms with Gasteiger partial charge in [0.25, 0.3) is 0 Å². The van der Waals surface area contributed by atoms with Crippen LogP contribution in [0.4, 0.5) is 5.69 Å². The summed E-state index contributed by atoms with van der Waals surface area (Å²) in [6, 6.07) is 23.3. The van der Waals surface area contributed by atoms with Gasteiger partial charge in [-0.1, -0.05) is 71.0 Å². The second-order valence-electron chi connectivity index (χ2n) is 16.6. The summed E-state index contributed by atoms with van der Waals surface area (Å²) in [4.78, 5) is 7.82. The number of nitrogens with zero attached hydrogens (tertiary/aromatic N) is 5. The van der Waals surface area contributed by atoms with E-state index in [-0.39, 0.29) is 21.7 Å². The van der Waals surface area contributed by atoms with Gasteiger partial charge in [-0.25, -0.2) is 0 Å². The first-order valence-electron chi connectivity index (χ1n) is 18.1. The van der Waals surface area contributed by atoms with Crippen LogP contribution in [0.15, 0.2) is 48.5 Å². The summed E-state index contributed by atoms with van der Waals surface area (Å²) in [7, 11) is 0. The molecule has 0 saturated carbocycles. The number of anilines is 1. The maximum Gasteiger partial charge on any atom is 0.0627 e. The summed E-state index contributed by atoms with van der Waals surface area (Å²) in [5.74, 6) is 0. The van der Waals surface area contributed by atoms with Crippen molar-refractivity contribution in [3.8, 4) is 12.1 Å². The predicted octanol–water partition coefficient (Wildman–Crippen LogP) is 8.98. The third-order valence-corrected chi connectivity index (χ3v) is 12.7. The largest absolute Gasteiger partial charge is 0.372 e. The van der Waals surface area contributed by atoms with Crippen molar-refractivity contribution in [1.82, 2.24) is 9.80 Å². The van der Waals surface area contributed by atoms with E-state index in [2.05, 4.69) is 110 Å². The van der Waals surface area contributed by atoms with Gasteiger partial charge in [-0.05, 0) is 128 Å². The van der Waals surface area contributed by atoms with Crippen molar-refractivity contribution in [2.75, 3.05) is 44.2 Å². The van der Waals surface area contributed by atoms with Gasteiger partial charge in [0.15, 0.2) is 0 Å². The highest BCUT2D eigenvalue weighted by Gasteiger charge is 2.47. The average molecular weight is 622 g/mol. The average Bonchev–Trinajstić information content (AvgIpc) is 3.04. The third kappa shape index (κ3) is 7.64. The van der Waals surface area contributed by atoms with Crippen LogP contribution in [0.1, 0.15) is 109 Å². The second kappa shape index (κ2) is 14.5. The van der Waals surface area contributed by atoms with Crippen molar-refractivity contribution in [3.63, 3.8) is 0 Å². The van der Waals surface area contributed by atoms with Gasteiger partial charge in [0.1, 0.15) is 0 Å². The minimum Gasteiger partial charge on any atom is -0.372 e. The van der Waals surface area contributed by atoms with Gasteiger partial charge >= 0.3 is 0 Å². The van der Waals surface area contributed by atoms with Gasteiger partial charge in [-0.2, -0.15) is 10.5 Å². The Labute approximate surface area is 280 Å². The zero-order valence-electron chi connectivity index (χ0n) is 29.6. The molecule has 2 aromatic carbocycles. The van der Waals surface area contributed by atoms with Crippen molar-refractivity contribution in [2.24, 2.45) is 21.7 Å². The molecule has 0 aliphatic carbocycles. The van der Waals surface area contributed by atoms with E-state index in [9.17, 15) is 10.5 Å². The first kappa shape index (κ1) is 34.5. The van der Waals surface area contributed by atoms with Crippen LogP contribution in [0.5, 0.6) is 0 Å². The molecule has 0 aromatic heterocycles. The summed E-state index contributed by atoms with van der Waals surface area (Å²) in [5, 5.41) is 19.8. The fraction of sp³-hybridized carbons (Fsp3) is 0.659. The smallest absolute Gasteiger partial charge is 0.0627 e. The Hall–Kier alpha value is -2.86. The van der Waals surface area contributed by atoms with Crippen LogP contribution in [0.2, 0.25) is 0 Å². The summed E-state index contributed by atoms with van der Waals surface area (Å²) in [6.07, 6.45) is 10.5. The number of piperidine rings is 3. The molecule has 5 rings (SSSR count). The minimum absolute atomic E-state index is 0.00205. The molecule has 0 spiro atoms. The number of rotatable bonds is 10. The number of likely N-dealkylation sites (tertiary alicyclic amines) is 2. The lowest BCUT2D eigenvalue weighted by Gasteiger charge is -2.51. The molecule has 5 heteroatoms. The van der Waals surface area contributed by atoms with E-state index in [0.29, 0.717) is 12.8 Å². The molecule has 0 N–H and O–H groups in total. The summed E-state index contributed by atoms with van der Waals surface area (Å²) in [5.41, 5.74) is 5.90. The molecule has 3 aliphatic heterocycles. The van der Waals surface area contributed by atoms with Gasteiger partial charge in [0, 0.05) is 44.7 Å². The van der Waals surface area contributed by atoms with E-state index < -0.39 is 0 Å².